The zero-order chi connectivity index (χ0) is 14.2. The van der Waals surface area contributed by atoms with Crippen LogP contribution in [0.3, 0.4) is 0 Å². The number of hydrogen-bond donors (Lipinski definition) is 2. The van der Waals surface area contributed by atoms with E-state index in [0.29, 0.717) is 13.1 Å². The van der Waals surface area contributed by atoms with Crippen molar-refractivity contribution in [3.05, 3.63) is 22.4 Å². The average Bonchev–Trinajstić information content (AvgIpc) is 2.92. The topological polar surface area (TPSA) is 53.6 Å². The number of thiophene rings is 1. The minimum atomic E-state index is 0.0470. The molecular formula is C14H23N3O2S. The van der Waals surface area contributed by atoms with Crippen molar-refractivity contribution in [2.75, 3.05) is 46.4 Å². The molecular weight excluding hydrogens is 274 g/mol. The molecule has 2 rings (SSSR count). The summed E-state index contributed by atoms with van der Waals surface area (Å²) in [4.78, 5) is 15.2. The van der Waals surface area contributed by atoms with Crippen LogP contribution in [0, 0.1) is 0 Å². The fourth-order valence-electron chi connectivity index (χ4n) is 2.18. The molecule has 2 N–H and O–H groups in total. The van der Waals surface area contributed by atoms with Crippen LogP contribution in [0.4, 0.5) is 0 Å². The van der Waals surface area contributed by atoms with E-state index in [9.17, 15) is 4.79 Å². The summed E-state index contributed by atoms with van der Waals surface area (Å²) >= 11 is 1.72. The van der Waals surface area contributed by atoms with Crippen LogP contribution in [0.15, 0.2) is 17.5 Å². The van der Waals surface area contributed by atoms with Gasteiger partial charge in [0.15, 0.2) is 0 Å². The van der Waals surface area contributed by atoms with Crippen LogP contribution in [0.1, 0.15) is 4.88 Å². The Morgan fingerprint density at radius 1 is 1.60 bits per heavy atom. The molecule has 0 aromatic carbocycles. The standard InChI is InChI=1S/C14H23N3O2S/c1-17-6-7-19-12(11-17)9-15-10-14(18)16-5-4-13-3-2-8-20-13/h2-3,8,12,15H,4-7,9-11H2,1H3,(H,16,18)/t12-/m1/s1. The smallest absolute Gasteiger partial charge is 0.233 e. The van der Waals surface area contributed by atoms with Gasteiger partial charge in [0.05, 0.1) is 19.3 Å². The van der Waals surface area contributed by atoms with Crippen LogP contribution in [-0.2, 0) is 16.0 Å². The molecule has 1 aliphatic heterocycles. The molecule has 0 radical (unpaired) electrons. The number of nitrogens with one attached hydrogen (secondary N) is 2. The van der Waals surface area contributed by atoms with Gasteiger partial charge in [0.1, 0.15) is 0 Å². The van der Waals surface area contributed by atoms with Gasteiger partial charge in [-0.1, -0.05) is 6.07 Å². The predicted molar refractivity (Wildman–Crippen MR) is 81.1 cm³/mol. The Hall–Kier alpha value is -0.950. The van der Waals surface area contributed by atoms with Gasteiger partial charge in [-0.15, -0.1) is 11.3 Å². The monoisotopic (exact) mass is 297 g/mol. The van der Waals surface area contributed by atoms with Gasteiger partial charge in [-0.3, -0.25) is 4.79 Å². The lowest BCUT2D eigenvalue weighted by Gasteiger charge is -2.30. The quantitative estimate of drug-likeness (QED) is 0.761. The molecule has 1 saturated heterocycles. The summed E-state index contributed by atoms with van der Waals surface area (Å²) in [6.07, 6.45) is 1.09. The Morgan fingerprint density at radius 2 is 2.50 bits per heavy atom. The van der Waals surface area contributed by atoms with E-state index in [1.807, 2.05) is 6.07 Å². The number of nitrogens with zero attached hydrogens (tertiary/aromatic N) is 1. The molecule has 0 spiro atoms. The van der Waals surface area contributed by atoms with E-state index in [1.165, 1.54) is 4.88 Å². The SMILES string of the molecule is CN1CCO[C@H](CNCC(=O)NCCc2cccs2)C1. The molecule has 0 unspecified atom stereocenters. The Balaban J connectivity index is 1.51. The van der Waals surface area contributed by atoms with E-state index >= 15 is 0 Å². The van der Waals surface area contributed by atoms with Crippen molar-refractivity contribution < 1.29 is 9.53 Å². The highest BCUT2D eigenvalue weighted by Crippen LogP contribution is 2.07. The van der Waals surface area contributed by atoms with Crippen LogP contribution in [-0.4, -0.2) is 63.3 Å². The lowest BCUT2D eigenvalue weighted by molar-refractivity contribution is -0.120. The van der Waals surface area contributed by atoms with Crippen molar-refractivity contribution in [2.45, 2.75) is 12.5 Å². The predicted octanol–water partition coefficient (Wildman–Crippen LogP) is 0.327. The van der Waals surface area contributed by atoms with E-state index in [2.05, 4.69) is 34.0 Å². The van der Waals surface area contributed by atoms with Gasteiger partial charge < -0.3 is 20.3 Å². The van der Waals surface area contributed by atoms with Crippen LogP contribution in [0.2, 0.25) is 0 Å². The average molecular weight is 297 g/mol. The summed E-state index contributed by atoms with van der Waals surface area (Å²) < 4.78 is 5.63. The Kier molecular flexibility index (Phi) is 6.46. The first kappa shape index (κ1) is 15.4. The number of amides is 1. The highest BCUT2D eigenvalue weighted by atomic mass is 32.1. The number of hydrogen-bond acceptors (Lipinski definition) is 5. The summed E-state index contributed by atoms with van der Waals surface area (Å²) in [5.41, 5.74) is 0. The fraction of sp³-hybridized carbons (Fsp3) is 0.643. The molecule has 1 amide bonds. The summed E-state index contributed by atoms with van der Waals surface area (Å²) in [6.45, 7) is 4.46. The molecule has 1 aromatic rings. The van der Waals surface area contributed by atoms with Crippen molar-refractivity contribution >= 4 is 17.2 Å². The second kappa shape index (κ2) is 8.36. The zero-order valence-corrected chi connectivity index (χ0v) is 12.7. The van der Waals surface area contributed by atoms with E-state index < -0.39 is 0 Å². The minimum Gasteiger partial charge on any atom is -0.374 e. The van der Waals surface area contributed by atoms with Crippen LogP contribution in [0.25, 0.3) is 0 Å². The molecule has 1 atom stereocenters. The van der Waals surface area contributed by atoms with Gasteiger partial charge in [0.2, 0.25) is 5.91 Å². The van der Waals surface area contributed by atoms with E-state index in [4.69, 9.17) is 4.74 Å². The van der Waals surface area contributed by atoms with Crippen molar-refractivity contribution in [3.63, 3.8) is 0 Å². The minimum absolute atomic E-state index is 0.0470. The first-order chi connectivity index (χ1) is 9.74. The van der Waals surface area contributed by atoms with Gasteiger partial charge in [0, 0.05) is 31.1 Å². The fourth-order valence-corrected chi connectivity index (χ4v) is 2.89. The molecule has 2 heterocycles. The number of carbonyl (C=O) groups excluding carboxylic acids is 1. The summed E-state index contributed by atoms with van der Waals surface area (Å²) in [6, 6.07) is 4.12. The molecule has 5 nitrogen and oxygen atoms in total. The Bertz CT molecular complexity index is 397. The highest BCUT2D eigenvalue weighted by molar-refractivity contribution is 7.09. The highest BCUT2D eigenvalue weighted by Gasteiger charge is 2.17. The normalized spacial score (nSPS) is 19.9. The van der Waals surface area contributed by atoms with E-state index in [0.717, 1.165) is 32.7 Å². The third kappa shape index (κ3) is 5.58. The number of carbonyl (C=O) groups is 1. The van der Waals surface area contributed by atoms with Gasteiger partial charge in [-0.2, -0.15) is 0 Å². The first-order valence-corrected chi connectivity index (χ1v) is 7.92. The lowest BCUT2D eigenvalue weighted by atomic mass is 10.3. The largest absolute Gasteiger partial charge is 0.374 e. The van der Waals surface area contributed by atoms with E-state index in [-0.39, 0.29) is 12.0 Å². The lowest BCUT2D eigenvalue weighted by Crippen LogP contribution is -2.46. The van der Waals surface area contributed by atoms with Gasteiger partial charge >= 0.3 is 0 Å². The summed E-state index contributed by atoms with van der Waals surface area (Å²) in [5.74, 6) is 0.0470. The van der Waals surface area contributed by atoms with Gasteiger partial charge in [-0.05, 0) is 24.9 Å². The Labute approximate surface area is 124 Å². The zero-order valence-electron chi connectivity index (χ0n) is 11.9. The second-order valence-electron chi connectivity index (χ2n) is 5.07. The molecule has 20 heavy (non-hydrogen) atoms. The van der Waals surface area contributed by atoms with Crippen molar-refractivity contribution in [3.8, 4) is 0 Å². The van der Waals surface area contributed by atoms with Crippen molar-refractivity contribution in [1.82, 2.24) is 15.5 Å². The van der Waals surface area contributed by atoms with Crippen molar-refractivity contribution in [2.24, 2.45) is 0 Å². The number of rotatable bonds is 7. The number of likely N-dealkylation sites (N-methyl/N-ethyl adjacent to an activating group) is 1. The number of ether oxygens (including phenoxy) is 1. The number of morpholine rings is 1. The molecule has 1 aromatic heterocycles. The van der Waals surface area contributed by atoms with Gasteiger partial charge in [0.25, 0.3) is 0 Å². The van der Waals surface area contributed by atoms with E-state index in [1.54, 1.807) is 11.3 Å². The van der Waals surface area contributed by atoms with Crippen LogP contribution >= 0.6 is 11.3 Å². The first-order valence-electron chi connectivity index (χ1n) is 7.04. The summed E-state index contributed by atoms with van der Waals surface area (Å²) in [5, 5.41) is 8.13. The molecule has 0 saturated carbocycles. The molecule has 0 bridgehead atoms. The molecule has 1 fully saturated rings. The maximum atomic E-state index is 11.7. The molecule has 1 aliphatic rings. The Morgan fingerprint density at radius 3 is 3.25 bits per heavy atom. The maximum Gasteiger partial charge on any atom is 0.233 e. The van der Waals surface area contributed by atoms with Crippen LogP contribution < -0.4 is 10.6 Å². The third-order valence-corrected chi connectivity index (χ3v) is 4.21. The van der Waals surface area contributed by atoms with Crippen molar-refractivity contribution in [1.29, 1.82) is 0 Å². The molecule has 6 heteroatoms. The summed E-state index contributed by atoms with van der Waals surface area (Å²) in [7, 11) is 2.09. The second-order valence-corrected chi connectivity index (χ2v) is 6.10. The molecule has 112 valence electrons. The molecule has 0 aliphatic carbocycles. The van der Waals surface area contributed by atoms with Gasteiger partial charge in [-0.25, -0.2) is 0 Å². The van der Waals surface area contributed by atoms with Crippen LogP contribution in [0.5, 0.6) is 0 Å². The maximum absolute atomic E-state index is 11.7. The third-order valence-electron chi connectivity index (χ3n) is 3.27.